The molecule has 0 aliphatic rings. The molecule has 0 spiro atoms. The third-order valence-corrected chi connectivity index (χ3v) is 3.74. The van der Waals surface area contributed by atoms with Crippen molar-refractivity contribution in [3.05, 3.63) is 52.3 Å². The Morgan fingerprint density at radius 1 is 1.18 bits per heavy atom. The Hall–Kier alpha value is -2.07. The molecule has 1 aromatic carbocycles. The molecular formula is C18H23NO3. The number of ether oxygens (including phenoxy) is 1. The second-order valence-corrected chi connectivity index (χ2v) is 5.74. The van der Waals surface area contributed by atoms with Crippen molar-refractivity contribution in [3.63, 3.8) is 0 Å². The van der Waals surface area contributed by atoms with Gasteiger partial charge in [-0.25, -0.2) is 0 Å². The molecule has 1 aromatic heterocycles. The lowest BCUT2D eigenvalue weighted by Gasteiger charge is -2.17. The molecule has 1 N–H and O–H groups in total. The molecule has 0 fully saturated rings. The summed E-state index contributed by atoms with van der Waals surface area (Å²) in [7, 11) is 1.62. The molecule has 0 unspecified atom stereocenters. The first kappa shape index (κ1) is 16.3. The quantitative estimate of drug-likeness (QED) is 0.892. The van der Waals surface area contributed by atoms with E-state index in [1.54, 1.807) is 17.7 Å². The summed E-state index contributed by atoms with van der Waals surface area (Å²) in [5, 5.41) is 9.34. The number of rotatable bonds is 6. The summed E-state index contributed by atoms with van der Waals surface area (Å²) < 4.78 is 7.15. The topological polar surface area (TPSA) is 51.5 Å². The van der Waals surface area contributed by atoms with Crippen molar-refractivity contribution >= 4 is 0 Å². The van der Waals surface area contributed by atoms with Gasteiger partial charge in [0.25, 0.3) is 5.56 Å². The fourth-order valence-electron chi connectivity index (χ4n) is 2.44. The Balaban J connectivity index is 2.59. The number of aliphatic hydroxyl groups excluding tert-OH is 1. The van der Waals surface area contributed by atoms with Crippen molar-refractivity contribution in [2.45, 2.75) is 33.4 Å². The molecular weight excluding hydrogens is 278 g/mol. The molecule has 22 heavy (non-hydrogen) atoms. The third kappa shape index (κ3) is 3.39. The van der Waals surface area contributed by atoms with Crippen LogP contribution in [0.15, 0.2) is 41.2 Å². The van der Waals surface area contributed by atoms with Crippen LogP contribution in [0.4, 0.5) is 0 Å². The van der Waals surface area contributed by atoms with E-state index in [1.165, 1.54) is 0 Å². The fourth-order valence-corrected chi connectivity index (χ4v) is 2.44. The highest BCUT2D eigenvalue weighted by molar-refractivity contribution is 5.67. The maximum atomic E-state index is 12.6. The molecule has 0 amide bonds. The molecule has 0 radical (unpaired) electrons. The Labute approximate surface area is 131 Å². The Kier molecular flexibility index (Phi) is 5.39. The van der Waals surface area contributed by atoms with Gasteiger partial charge in [-0.2, -0.15) is 0 Å². The van der Waals surface area contributed by atoms with Gasteiger partial charge in [0.1, 0.15) is 5.75 Å². The predicted octanol–water partition coefficient (Wildman–Crippen LogP) is 3.06. The normalized spacial score (nSPS) is 11.0. The van der Waals surface area contributed by atoms with E-state index in [9.17, 15) is 9.90 Å². The molecule has 0 atom stereocenters. The lowest BCUT2D eigenvalue weighted by atomic mass is 10.1. The number of benzene rings is 1. The average molecular weight is 301 g/mol. The summed E-state index contributed by atoms with van der Waals surface area (Å²) in [6, 6.07) is 11.2. The summed E-state index contributed by atoms with van der Waals surface area (Å²) in [4.78, 5) is 12.6. The van der Waals surface area contributed by atoms with E-state index < -0.39 is 0 Å². The first-order valence-electron chi connectivity index (χ1n) is 7.55. The summed E-state index contributed by atoms with van der Waals surface area (Å²) in [5.41, 5.74) is 1.99. The van der Waals surface area contributed by atoms with E-state index in [1.807, 2.05) is 30.3 Å². The second-order valence-electron chi connectivity index (χ2n) is 5.74. The average Bonchev–Trinajstić information content (AvgIpc) is 2.53. The minimum atomic E-state index is -0.243. The van der Waals surface area contributed by atoms with Crippen molar-refractivity contribution in [1.82, 2.24) is 4.57 Å². The van der Waals surface area contributed by atoms with E-state index in [0.29, 0.717) is 18.0 Å². The van der Waals surface area contributed by atoms with Crippen LogP contribution in [0, 0.1) is 5.92 Å². The molecule has 0 bridgehead atoms. The maximum Gasteiger partial charge on any atom is 0.256 e. The predicted molar refractivity (Wildman–Crippen MR) is 88.1 cm³/mol. The van der Waals surface area contributed by atoms with E-state index in [2.05, 4.69) is 13.8 Å². The summed E-state index contributed by atoms with van der Waals surface area (Å²) in [6.07, 6.45) is 0.900. The van der Waals surface area contributed by atoms with Gasteiger partial charge in [0, 0.05) is 17.7 Å². The standard InChI is InChI=1S/C18H23NO3/c1-13(2)10-11-19-16(9-8-14(12-20)18(19)21)15-6-4-5-7-17(15)22-3/h4-9,13,20H,10-12H2,1-3H3. The SMILES string of the molecule is COc1ccccc1-c1ccc(CO)c(=O)n1CCC(C)C. The molecule has 0 saturated carbocycles. The minimum absolute atomic E-state index is 0.133. The zero-order valence-electron chi connectivity index (χ0n) is 13.4. The molecule has 2 aromatic rings. The smallest absolute Gasteiger partial charge is 0.256 e. The number of nitrogens with zero attached hydrogens (tertiary/aromatic N) is 1. The van der Waals surface area contributed by atoms with Crippen molar-refractivity contribution < 1.29 is 9.84 Å². The van der Waals surface area contributed by atoms with E-state index in [-0.39, 0.29) is 12.2 Å². The number of aliphatic hydroxyl groups is 1. The van der Waals surface area contributed by atoms with Gasteiger partial charge < -0.3 is 14.4 Å². The van der Waals surface area contributed by atoms with Gasteiger partial charge in [0.05, 0.1) is 19.4 Å². The molecule has 0 aliphatic heterocycles. The van der Waals surface area contributed by atoms with Gasteiger partial charge in [-0.05, 0) is 36.6 Å². The van der Waals surface area contributed by atoms with Gasteiger partial charge in [0.15, 0.2) is 0 Å². The summed E-state index contributed by atoms with van der Waals surface area (Å²) >= 11 is 0. The van der Waals surface area contributed by atoms with Gasteiger partial charge >= 0.3 is 0 Å². The Morgan fingerprint density at radius 2 is 1.91 bits per heavy atom. The Morgan fingerprint density at radius 3 is 2.55 bits per heavy atom. The van der Waals surface area contributed by atoms with Crippen LogP contribution in [-0.4, -0.2) is 16.8 Å². The molecule has 4 nitrogen and oxygen atoms in total. The maximum absolute atomic E-state index is 12.6. The van der Waals surface area contributed by atoms with Crippen LogP contribution in [0.25, 0.3) is 11.3 Å². The van der Waals surface area contributed by atoms with Gasteiger partial charge in [-0.1, -0.05) is 26.0 Å². The van der Waals surface area contributed by atoms with E-state index in [0.717, 1.165) is 23.4 Å². The molecule has 0 aliphatic carbocycles. The van der Waals surface area contributed by atoms with Crippen LogP contribution in [0.1, 0.15) is 25.8 Å². The monoisotopic (exact) mass is 301 g/mol. The highest BCUT2D eigenvalue weighted by Crippen LogP contribution is 2.29. The minimum Gasteiger partial charge on any atom is -0.496 e. The van der Waals surface area contributed by atoms with Crippen LogP contribution >= 0.6 is 0 Å². The van der Waals surface area contributed by atoms with Gasteiger partial charge in [-0.3, -0.25) is 4.79 Å². The zero-order chi connectivity index (χ0) is 16.1. The molecule has 1 heterocycles. The number of aromatic nitrogens is 1. The summed E-state index contributed by atoms with van der Waals surface area (Å²) in [6.45, 7) is 4.64. The largest absolute Gasteiger partial charge is 0.496 e. The highest BCUT2D eigenvalue weighted by atomic mass is 16.5. The number of methoxy groups -OCH3 is 1. The van der Waals surface area contributed by atoms with Crippen LogP contribution in [0.3, 0.4) is 0 Å². The summed E-state index contributed by atoms with van der Waals surface area (Å²) in [5.74, 6) is 1.23. The van der Waals surface area contributed by atoms with Crippen molar-refractivity contribution in [3.8, 4) is 17.0 Å². The lowest BCUT2D eigenvalue weighted by Crippen LogP contribution is -2.26. The number of hydrogen-bond donors (Lipinski definition) is 1. The van der Waals surface area contributed by atoms with Crippen LogP contribution in [0.2, 0.25) is 0 Å². The third-order valence-electron chi connectivity index (χ3n) is 3.74. The first-order valence-corrected chi connectivity index (χ1v) is 7.55. The first-order chi connectivity index (χ1) is 10.6. The number of para-hydroxylation sites is 1. The zero-order valence-corrected chi connectivity index (χ0v) is 13.4. The molecule has 0 saturated heterocycles. The van der Waals surface area contributed by atoms with Crippen LogP contribution < -0.4 is 10.3 Å². The van der Waals surface area contributed by atoms with Crippen molar-refractivity contribution in [1.29, 1.82) is 0 Å². The molecule has 4 heteroatoms. The van der Waals surface area contributed by atoms with Gasteiger partial charge in [-0.15, -0.1) is 0 Å². The lowest BCUT2D eigenvalue weighted by molar-refractivity contribution is 0.279. The highest BCUT2D eigenvalue weighted by Gasteiger charge is 2.13. The van der Waals surface area contributed by atoms with Crippen molar-refractivity contribution in [2.24, 2.45) is 5.92 Å². The van der Waals surface area contributed by atoms with E-state index >= 15 is 0 Å². The second kappa shape index (κ2) is 7.27. The Bertz CT molecular complexity index is 689. The number of pyridine rings is 1. The van der Waals surface area contributed by atoms with Crippen LogP contribution in [0.5, 0.6) is 5.75 Å². The molecule has 2 rings (SSSR count). The number of hydrogen-bond acceptors (Lipinski definition) is 3. The molecule has 118 valence electrons. The van der Waals surface area contributed by atoms with E-state index in [4.69, 9.17) is 4.74 Å². The van der Waals surface area contributed by atoms with Crippen molar-refractivity contribution in [2.75, 3.05) is 7.11 Å². The van der Waals surface area contributed by atoms with Crippen LogP contribution in [-0.2, 0) is 13.2 Å². The fraction of sp³-hybridized carbons (Fsp3) is 0.389. The van der Waals surface area contributed by atoms with Gasteiger partial charge in [0.2, 0.25) is 0 Å².